The third kappa shape index (κ3) is 4.36. The number of aromatic nitrogens is 1. The Morgan fingerprint density at radius 1 is 1.06 bits per heavy atom. The molecule has 1 atom stereocenters. The van der Waals surface area contributed by atoms with Gasteiger partial charge in [0.15, 0.2) is 0 Å². The first-order valence-electron chi connectivity index (χ1n) is 10.3. The van der Waals surface area contributed by atoms with E-state index in [2.05, 4.69) is 5.16 Å². The molecule has 0 spiro atoms. The third-order valence-corrected chi connectivity index (χ3v) is 5.32. The molecule has 6 nitrogen and oxygen atoms in total. The Labute approximate surface area is 191 Å². The quantitative estimate of drug-likeness (QED) is 0.387. The molecule has 2 heterocycles. The molecule has 0 radical (unpaired) electrons. The van der Waals surface area contributed by atoms with Crippen LogP contribution in [0.3, 0.4) is 0 Å². The lowest BCUT2D eigenvalue weighted by Gasteiger charge is -2.19. The molecule has 0 fully saturated rings. The van der Waals surface area contributed by atoms with E-state index in [0.717, 1.165) is 22.3 Å². The van der Waals surface area contributed by atoms with Crippen molar-refractivity contribution in [1.29, 1.82) is 0 Å². The standard InChI is InChI=1S/C25H23ClN2O4/c1-14-21-17-7-5-6-8-18(17)22(15-9-11-16(26)12-10-15)27-19(23(21)28-32-14)13-20(29)24(30)31-25(2,3)4/h5-12,19H,13H2,1-4H3/t19-/m0/s1. The van der Waals surface area contributed by atoms with Crippen LogP contribution in [0.2, 0.25) is 5.02 Å². The van der Waals surface area contributed by atoms with Crippen LogP contribution >= 0.6 is 11.6 Å². The summed E-state index contributed by atoms with van der Waals surface area (Å²) in [5.74, 6) is -0.930. The number of nitrogens with zero attached hydrogens (tertiary/aromatic N) is 2. The van der Waals surface area contributed by atoms with Gasteiger partial charge in [-0.1, -0.05) is 53.2 Å². The number of rotatable bonds is 4. The van der Waals surface area contributed by atoms with Crippen LogP contribution in [0.4, 0.5) is 0 Å². The number of ketones is 1. The number of Topliss-reactive ketones (excluding diaryl/α,β-unsaturated/α-hetero) is 1. The number of esters is 1. The van der Waals surface area contributed by atoms with E-state index in [1.165, 1.54) is 0 Å². The van der Waals surface area contributed by atoms with Crippen molar-refractivity contribution < 1.29 is 18.8 Å². The molecule has 0 saturated heterocycles. The molecule has 2 aromatic carbocycles. The number of hydrogen-bond donors (Lipinski definition) is 0. The predicted octanol–water partition coefficient (Wildman–Crippen LogP) is 5.50. The van der Waals surface area contributed by atoms with E-state index in [1.54, 1.807) is 32.9 Å². The van der Waals surface area contributed by atoms with Crippen molar-refractivity contribution in [2.24, 2.45) is 4.99 Å². The summed E-state index contributed by atoms with van der Waals surface area (Å²) >= 11 is 6.09. The van der Waals surface area contributed by atoms with E-state index >= 15 is 0 Å². The van der Waals surface area contributed by atoms with Crippen molar-refractivity contribution in [2.45, 2.75) is 45.8 Å². The molecule has 0 unspecified atom stereocenters. The van der Waals surface area contributed by atoms with Gasteiger partial charge in [-0.2, -0.15) is 0 Å². The van der Waals surface area contributed by atoms with Crippen molar-refractivity contribution >= 4 is 29.1 Å². The van der Waals surface area contributed by atoms with Crippen LogP contribution in [-0.4, -0.2) is 28.2 Å². The fourth-order valence-corrected chi connectivity index (χ4v) is 3.84. The zero-order valence-corrected chi connectivity index (χ0v) is 19.1. The van der Waals surface area contributed by atoms with Crippen LogP contribution < -0.4 is 0 Å². The average molecular weight is 451 g/mol. The van der Waals surface area contributed by atoms with Gasteiger partial charge in [0, 0.05) is 22.6 Å². The number of halogens is 1. The summed E-state index contributed by atoms with van der Waals surface area (Å²) in [6.07, 6.45) is -0.182. The van der Waals surface area contributed by atoms with Gasteiger partial charge in [-0.25, -0.2) is 4.79 Å². The highest BCUT2D eigenvalue weighted by Crippen LogP contribution is 2.40. The first-order valence-corrected chi connectivity index (χ1v) is 10.7. The maximum Gasteiger partial charge on any atom is 0.375 e. The predicted molar refractivity (Wildman–Crippen MR) is 122 cm³/mol. The Morgan fingerprint density at radius 3 is 2.38 bits per heavy atom. The topological polar surface area (TPSA) is 81.8 Å². The number of carbonyl (C=O) groups is 2. The molecule has 1 aliphatic rings. The SMILES string of the molecule is Cc1onc2c1-c1ccccc1C(c1ccc(Cl)cc1)=N[C@H]2CC(=O)C(=O)OC(C)(C)C. The van der Waals surface area contributed by atoms with Crippen molar-refractivity contribution in [3.8, 4) is 11.1 Å². The van der Waals surface area contributed by atoms with Gasteiger partial charge in [-0.15, -0.1) is 0 Å². The summed E-state index contributed by atoms with van der Waals surface area (Å²) in [6.45, 7) is 6.98. The zero-order valence-electron chi connectivity index (χ0n) is 18.3. The lowest BCUT2D eigenvalue weighted by atomic mass is 9.92. The second-order valence-electron chi connectivity index (χ2n) is 8.67. The molecule has 7 heteroatoms. The van der Waals surface area contributed by atoms with Crippen LogP contribution in [-0.2, 0) is 14.3 Å². The summed E-state index contributed by atoms with van der Waals surface area (Å²) in [6, 6.07) is 14.4. The van der Waals surface area contributed by atoms with Gasteiger partial charge in [-0.05, 0) is 45.4 Å². The Bertz CT molecular complexity index is 1220. The molecule has 3 aromatic rings. The summed E-state index contributed by atoms with van der Waals surface area (Å²) in [4.78, 5) is 30.0. The minimum atomic E-state index is -0.885. The molecule has 1 aromatic heterocycles. The van der Waals surface area contributed by atoms with Crippen LogP contribution in [0, 0.1) is 6.92 Å². The number of aryl methyl sites for hydroxylation is 1. The molecule has 0 amide bonds. The van der Waals surface area contributed by atoms with Gasteiger partial charge in [-0.3, -0.25) is 9.79 Å². The molecule has 0 bridgehead atoms. The highest BCUT2D eigenvalue weighted by molar-refractivity contribution is 6.34. The lowest BCUT2D eigenvalue weighted by Crippen LogP contribution is -2.29. The van der Waals surface area contributed by atoms with Crippen LogP contribution in [0.25, 0.3) is 11.1 Å². The number of carbonyl (C=O) groups excluding carboxylic acids is 2. The fraction of sp³-hybridized carbons (Fsp3) is 0.280. The molecule has 0 aliphatic carbocycles. The second kappa shape index (κ2) is 8.36. The molecule has 0 saturated carbocycles. The summed E-state index contributed by atoms with van der Waals surface area (Å²) < 4.78 is 10.7. The van der Waals surface area contributed by atoms with E-state index in [9.17, 15) is 9.59 Å². The van der Waals surface area contributed by atoms with Gasteiger partial charge < -0.3 is 9.26 Å². The van der Waals surface area contributed by atoms with Gasteiger partial charge in [0.05, 0.1) is 11.3 Å². The molecular weight excluding hydrogens is 428 g/mol. The minimum absolute atomic E-state index is 0.182. The first kappa shape index (κ1) is 22.0. The van der Waals surface area contributed by atoms with Crippen LogP contribution in [0.1, 0.15) is 55.8 Å². The largest absolute Gasteiger partial charge is 0.454 e. The van der Waals surface area contributed by atoms with E-state index in [-0.39, 0.29) is 6.42 Å². The normalized spacial score (nSPS) is 15.3. The average Bonchev–Trinajstić information content (AvgIpc) is 3.05. The summed E-state index contributed by atoms with van der Waals surface area (Å²) in [5, 5.41) is 4.83. The van der Waals surface area contributed by atoms with Gasteiger partial charge in [0.25, 0.3) is 0 Å². The maximum absolute atomic E-state index is 12.8. The van der Waals surface area contributed by atoms with Gasteiger partial charge in [0.2, 0.25) is 5.78 Å². The molecule has 0 N–H and O–H groups in total. The highest BCUT2D eigenvalue weighted by atomic mass is 35.5. The molecule has 1 aliphatic heterocycles. The summed E-state index contributed by atoms with van der Waals surface area (Å²) in [7, 11) is 0. The number of fused-ring (bicyclic) bond motifs is 3. The molecule has 4 rings (SSSR count). The first-order chi connectivity index (χ1) is 15.1. The lowest BCUT2D eigenvalue weighted by molar-refractivity contribution is -0.162. The van der Waals surface area contributed by atoms with E-state index in [4.69, 9.17) is 25.9 Å². The molecular formula is C25H23ClN2O4. The van der Waals surface area contributed by atoms with Crippen molar-refractivity contribution in [3.63, 3.8) is 0 Å². The van der Waals surface area contributed by atoms with Crippen molar-refractivity contribution in [1.82, 2.24) is 5.16 Å². The second-order valence-corrected chi connectivity index (χ2v) is 9.11. The monoisotopic (exact) mass is 450 g/mol. The number of hydrogen-bond acceptors (Lipinski definition) is 6. The van der Waals surface area contributed by atoms with E-state index in [1.807, 2.05) is 43.3 Å². The van der Waals surface area contributed by atoms with Crippen molar-refractivity contribution in [3.05, 3.63) is 76.1 Å². The third-order valence-electron chi connectivity index (χ3n) is 5.06. The van der Waals surface area contributed by atoms with E-state index in [0.29, 0.717) is 22.2 Å². The Balaban J connectivity index is 1.83. The minimum Gasteiger partial charge on any atom is -0.454 e. The van der Waals surface area contributed by atoms with Crippen LogP contribution in [0.5, 0.6) is 0 Å². The van der Waals surface area contributed by atoms with E-state index < -0.39 is 23.4 Å². The smallest absolute Gasteiger partial charge is 0.375 e. The Kier molecular flexibility index (Phi) is 5.73. The Morgan fingerprint density at radius 2 is 1.72 bits per heavy atom. The number of ether oxygens (including phenoxy) is 1. The molecule has 164 valence electrons. The zero-order chi connectivity index (χ0) is 23.0. The Hall–Kier alpha value is -3.25. The van der Waals surface area contributed by atoms with Crippen LogP contribution in [0.15, 0.2) is 58.0 Å². The highest BCUT2D eigenvalue weighted by Gasteiger charge is 2.33. The van der Waals surface area contributed by atoms with Gasteiger partial charge in [0.1, 0.15) is 23.1 Å². The van der Waals surface area contributed by atoms with Crippen molar-refractivity contribution in [2.75, 3.05) is 0 Å². The van der Waals surface area contributed by atoms with Gasteiger partial charge >= 0.3 is 5.97 Å². The number of aliphatic imine (C=N–C) groups is 1. The number of benzene rings is 2. The molecule has 32 heavy (non-hydrogen) atoms. The maximum atomic E-state index is 12.8. The fourth-order valence-electron chi connectivity index (χ4n) is 3.71. The summed E-state index contributed by atoms with van der Waals surface area (Å²) in [5.41, 5.74) is 3.87.